The summed E-state index contributed by atoms with van der Waals surface area (Å²) in [4.78, 5) is 87.3. The molecule has 0 unspecified atom stereocenters. The van der Waals surface area contributed by atoms with Crippen molar-refractivity contribution in [3.05, 3.63) is 247 Å². The van der Waals surface area contributed by atoms with E-state index in [1.165, 1.54) is 16.4 Å². The van der Waals surface area contributed by atoms with Crippen molar-refractivity contribution in [2.24, 2.45) is 0 Å². The van der Waals surface area contributed by atoms with Crippen LogP contribution >= 0.6 is 11.6 Å². The molecule has 0 aliphatic carbocycles. The molecule has 4 aliphatic heterocycles. The first-order valence-electron chi connectivity index (χ1n) is 36.8. The molecule has 9 aromatic heterocycles. The van der Waals surface area contributed by atoms with Gasteiger partial charge in [-0.2, -0.15) is 0 Å². The van der Waals surface area contributed by atoms with Gasteiger partial charge in [0.1, 0.15) is 11.6 Å². The molecule has 28 heteroatoms. The second-order valence-electron chi connectivity index (χ2n) is 27.9. The highest BCUT2D eigenvalue weighted by atomic mass is 35.5. The number of piperazine rings is 4. The zero-order chi connectivity index (χ0) is 75.1. The Labute approximate surface area is 633 Å². The lowest BCUT2D eigenvalue weighted by Crippen LogP contribution is -2.44. The van der Waals surface area contributed by atoms with Gasteiger partial charge < -0.3 is 44.8 Å². The van der Waals surface area contributed by atoms with Crippen LogP contribution in [-0.4, -0.2) is 200 Å². The Morgan fingerprint density at radius 2 is 0.736 bits per heavy atom. The Kier molecular flexibility index (Phi) is 19.4. The van der Waals surface area contributed by atoms with Gasteiger partial charge in [0, 0.05) is 179 Å². The molecular formula is C82H79ClFN21O5. The number of hydrogen-bond donors (Lipinski definition) is 6. The lowest BCUT2D eigenvalue weighted by atomic mass is 10.1. The molecule has 6 N–H and O–H groups in total. The van der Waals surface area contributed by atoms with Crippen LogP contribution in [0.25, 0.3) is 110 Å². The fourth-order valence-corrected chi connectivity index (χ4v) is 15.0. The zero-order valence-corrected chi connectivity index (χ0v) is 61.6. The number of methoxy groups -OCH3 is 1. The van der Waals surface area contributed by atoms with Gasteiger partial charge in [0.05, 0.1) is 95.5 Å². The number of nitrogens with zero attached hydrogens (tertiary/aromatic N) is 15. The van der Waals surface area contributed by atoms with E-state index in [1.54, 1.807) is 88.5 Å². The molecule has 7 aromatic carbocycles. The SMILES string of the molecule is CN1CCN(c2cc3ncc4c(=O)n(-c5ccccn5)[nH]c4c3cc2F)CC1.CN1CCN(c2ccc3ncc4c(=O)n(-c5ccccc5)[nH]c4c3c2)CC1.COc1ccc(-n2[nH]c3c(cnc4ccc(N5CCNCC5)cc43)c2=O)cc1.O=c1c2cnc3ccc(N4CCNCC4)cc3c2[nH]n1-c1ccc(Cl)cc1. The highest BCUT2D eigenvalue weighted by Gasteiger charge is 2.24. The molecule has 0 spiro atoms. The smallest absolute Gasteiger partial charge is 0.282 e. The lowest BCUT2D eigenvalue weighted by molar-refractivity contribution is 0.312. The number of pyridine rings is 5. The van der Waals surface area contributed by atoms with E-state index in [0.717, 1.165) is 188 Å². The number of halogens is 2. The second kappa shape index (κ2) is 30.3. The van der Waals surface area contributed by atoms with Crippen molar-refractivity contribution >= 4 is 122 Å². The Bertz CT molecular complexity index is 6330. The molecule has 0 atom stereocenters. The Morgan fingerprint density at radius 1 is 0.364 bits per heavy atom. The van der Waals surface area contributed by atoms with Crippen molar-refractivity contribution in [1.29, 1.82) is 0 Å². The number of aromatic nitrogens is 13. The fourth-order valence-electron chi connectivity index (χ4n) is 14.9. The largest absolute Gasteiger partial charge is 0.497 e. The van der Waals surface area contributed by atoms with Crippen LogP contribution in [0.15, 0.2) is 214 Å². The summed E-state index contributed by atoms with van der Waals surface area (Å²) < 4.78 is 26.2. The first-order valence-corrected chi connectivity index (χ1v) is 37.1. The molecule has 0 amide bonds. The lowest BCUT2D eigenvalue weighted by Gasteiger charge is -2.34. The minimum atomic E-state index is -0.308. The number of benzene rings is 7. The molecule has 0 radical (unpaired) electrons. The molecule has 13 heterocycles. The maximum absolute atomic E-state index is 15.0. The molecule has 110 heavy (non-hydrogen) atoms. The van der Waals surface area contributed by atoms with Gasteiger partial charge in [0.15, 0.2) is 5.82 Å². The molecule has 20 rings (SSSR count). The molecular weight excluding hydrogens is 1410 g/mol. The number of ether oxygens (including phenoxy) is 1. The van der Waals surface area contributed by atoms with E-state index in [2.05, 4.69) is 131 Å². The van der Waals surface area contributed by atoms with Gasteiger partial charge in [-0.05, 0) is 154 Å². The summed E-state index contributed by atoms with van der Waals surface area (Å²) in [5.41, 5.74) is 12.1. The molecule has 556 valence electrons. The fraction of sp³-hybridized carbons (Fsp3) is 0.232. The van der Waals surface area contributed by atoms with Gasteiger partial charge in [-0.25, -0.2) is 28.1 Å². The molecule has 0 bridgehead atoms. The van der Waals surface area contributed by atoms with Gasteiger partial charge in [0.25, 0.3) is 22.2 Å². The van der Waals surface area contributed by atoms with E-state index in [9.17, 15) is 23.6 Å². The van der Waals surface area contributed by atoms with Crippen LogP contribution in [-0.2, 0) is 0 Å². The van der Waals surface area contributed by atoms with Crippen molar-refractivity contribution in [2.45, 2.75) is 0 Å². The number of aromatic amines is 4. The quantitative estimate of drug-likeness (QED) is 0.0784. The second-order valence-corrected chi connectivity index (χ2v) is 28.3. The van der Waals surface area contributed by atoms with Crippen molar-refractivity contribution in [3.8, 4) is 28.6 Å². The van der Waals surface area contributed by atoms with Crippen LogP contribution in [0.2, 0.25) is 5.02 Å². The van der Waals surface area contributed by atoms with E-state index in [-0.39, 0.29) is 28.1 Å². The van der Waals surface area contributed by atoms with Crippen LogP contribution in [0, 0.1) is 5.82 Å². The molecule has 4 saturated heterocycles. The van der Waals surface area contributed by atoms with Crippen molar-refractivity contribution < 1.29 is 9.13 Å². The minimum absolute atomic E-state index is 0.0735. The van der Waals surface area contributed by atoms with E-state index in [1.807, 2.05) is 89.8 Å². The van der Waals surface area contributed by atoms with E-state index >= 15 is 0 Å². The minimum Gasteiger partial charge on any atom is -0.497 e. The number of H-pyrrole nitrogens is 4. The number of fused-ring (bicyclic) bond motifs is 12. The molecule has 26 nitrogen and oxygen atoms in total. The third-order valence-electron chi connectivity index (χ3n) is 21.1. The van der Waals surface area contributed by atoms with Crippen LogP contribution in [0.5, 0.6) is 5.75 Å². The number of hydrogen-bond acceptors (Lipinski definition) is 18. The first kappa shape index (κ1) is 70.5. The Balaban J connectivity index is 0.000000107. The number of rotatable bonds is 9. The average Bonchev–Trinajstić information content (AvgIpc) is 1.61. The van der Waals surface area contributed by atoms with Gasteiger partial charge >= 0.3 is 0 Å². The maximum atomic E-state index is 15.0. The van der Waals surface area contributed by atoms with E-state index in [4.69, 9.17) is 16.3 Å². The third kappa shape index (κ3) is 13.8. The number of nitrogens with one attached hydrogen (secondary N) is 6. The Hall–Kier alpha value is -12.5. The zero-order valence-electron chi connectivity index (χ0n) is 60.8. The van der Waals surface area contributed by atoms with Gasteiger partial charge in [-0.1, -0.05) is 35.9 Å². The maximum Gasteiger partial charge on any atom is 0.282 e. The topological polar surface area (TPSA) is 268 Å². The van der Waals surface area contributed by atoms with Crippen LogP contribution in [0.3, 0.4) is 0 Å². The molecule has 16 aromatic rings. The molecule has 4 aliphatic rings. The standard InChI is InChI=1S/C21H21N5O2.C21H21N5O.C20H18ClN5O.C20H19FN6O/c1-28-16-5-2-14(3-6-16)26-21(27)18-13-23-19-7-4-15(12-17(19)20(18)24-26)25-10-8-22-9-11-25;1-24-9-11-25(12-10-24)16-7-8-19-17(13-16)20-18(14-22-19)21(27)26(23-20)15-5-3-2-4-6-15;21-13-1-3-14(4-2-13)26-20(27)17-12-23-18-6-5-15(11-16(18)19(17)24-26)25-9-7-22-8-10-25;1-25-6-8-26(9-7-25)17-11-16-13(10-15(17)21)19-14(12-23-16)20(28)27(24-19)18-4-2-3-5-22-18/h2-7,12-13,22,24H,8-11H2,1H3;2-8,13-14,23H,9-12H2,1H3;1-6,11-12,22,24H,7-10H2;2-5,10-12,24H,6-9H2,1H3. The summed E-state index contributed by atoms with van der Waals surface area (Å²) >= 11 is 5.97. The number of para-hydroxylation sites is 1. The highest BCUT2D eigenvalue weighted by Crippen LogP contribution is 2.33. The average molecular weight is 1490 g/mol. The van der Waals surface area contributed by atoms with Gasteiger partial charge in [0.2, 0.25) is 0 Å². The third-order valence-corrected chi connectivity index (χ3v) is 21.4. The summed E-state index contributed by atoms with van der Waals surface area (Å²) in [6, 6.07) is 51.6. The number of anilines is 4. The molecule has 0 saturated carbocycles. The van der Waals surface area contributed by atoms with E-state index in [0.29, 0.717) is 54.5 Å². The predicted octanol–water partition coefficient (Wildman–Crippen LogP) is 9.99. The van der Waals surface area contributed by atoms with E-state index < -0.39 is 0 Å². The summed E-state index contributed by atoms with van der Waals surface area (Å²) in [7, 11) is 5.84. The molecule has 4 fully saturated rings. The highest BCUT2D eigenvalue weighted by molar-refractivity contribution is 6.30. The summed E-state index contributed by atoms with van der Waals surface area (Å²) in [6.45, 7) is 15.2. The number of likely N-dealkylation sites (N-methyl/N-ethyl adjacent to an activating group) is 2. The summed E-state index contributed by atoms with van der Waals surface area (Å²) in [5.74, 6) is 0.921. The van der Waals surface area contributed by atoms with Crippen molar-refractivity contribution in [1.82, 2.24) is 84.5 Å². The summed E-state index contributed by atoms with van der Waals surface area (Å²) in [6.07, 6.45) is 8.13. The van der Waals surface area contributed by atoms with Gasteiger partial charge in [-0.15, -0.1) is 0 Å². The van der Waals surface area contributed by atoms with Crippen LogP contribution in [0.4, 0.5) is 27.1 Å². The normalized spacial score (nSPS) is 15.2. The summed E-state index contributed by atoms with van der Waals surface area (Å²) in [5, 5.41) is 25.9. The van der Waals surface area contributed by atoms with Crippen LogP contribution < -0.4 is 57.2 Å². The van der Waals surface area contributed by atoms with Crippen molar-refractivity contribution in [3.63, 3.8) is 0 Å². The van der Waals surface area contributed by atoms with Crippen molar-refractivity contribution in [2.75, 3.05) is 146 Å². The van der Waals surface area contributed by atoms with Crippen LogP contribution in [0.1, 0.15) is 0 Å². The monoisotopic (exact) mass is 1490 g/mol. The Morgan fingerprint density at radius 3 is 1.17 bits per heavy atom. The van der Waals surface area contributed by atoms with Gasteiger partial charge in [-0.3, -0.25) is 59.5 Å². The predicted molar refractivity (Wildman–Crippen MR) is 436 cm³/mol. The first-order chi connectivity index (χ1) is 53.8.